The van der Waals surface area contributed by atoms with Crippen molar-refractivity contribution in [2.75, 3.05) is 25.6 Å². The molecule has 0 saturated carbocycles. The maximum atomic E-state index is 8.43. The minimum atomic E-state index is 0.262. The second-order valence-corrected chi connectivity index (χ2v) is 3.79. The van der Waals surface area contributed by atoms with Crippen LogP contribution in [0.25, 0.3) is 0 Å². The standard InChI is InChI=1S/C12H19N3O2/c1-15(9-5-8-12(13)14-16)10-6-3-4-7-11(10)17-2/h3-4,6-7,16H,5,8-9H2,1-2H3,(H2,13,14). The van der Waals surface area contributed by atoms with Gasteiger partial charge in [0, 0.05) is 20.0 Å². The highest BCUT2D eigenvalue weighted by Gasteiger charge is 2.06. The number of para-hydroxylation sites is 2. The van der Waals surface area contributed by atoms with E-state index >= 15 is 0 Å². The van der Waals surface area contributed by atoms with Crippen molar-refractivity contribution in [2.24, 2.45) is 10.9 Å². The molecule has 0 fully saturated rings. The number of anilines is 1. The van der Waals surface area contributed by atoms with E-state index < -0.39 is 0 Å². The highest BCUT2D eigenvalue weighted by molar-refractivity contribution is 5.79. The average molecular weight is 237 g/mol. The number of hydrogen-bond acceptors (Lipinski definition) is 4. The Morgan fingerprint density at radius 1 is 1.47 bits per heavy atom. The molecule has 0 heterocycles. The zero-order valence-corrected chi connectivity index (χ0v) is 10.3. The lowest BCUT2D eigenvalue weighted by atomic mass is 10.2. The van der Waals surface area contributed by atoms with Gasteiger partial charge in [0.05, 0.1) is 12.8 Å². The van der Waals surface area contributed by atoms with E-state index in [4.69, 9.17) is 15.7 Å². The van der Waals surface area contributed by atoms with Gasteiger partial charge in [0.15, 0.2) is 0 Å². The Balaban J connectivity index is 2.54. The third-order valence-electron chi connectivity index (χ3n) is 2.55. The van der Waals surface area contributed by atoms with Crippen LogP contribution in [0.15, 0.2) is 29.4 Å². The van der Waals surface area contributed by atoms with Crippen molar-refractivity contribution in [1.82, 2.24) is 0 Å². The summed E-state index contributed by atoms with van der Waals surface area (Å²) in [5.41, 5.74) is 6.45. The highest BCUT2D eigenvalue weighted by Crippen LogP contribution is 2.26. The Labute approximate surface area is 101 Å². The molecular weight excluding hydrogens is 218 g/mol. The first kappa shape index (κ1) is 13.2. The largest absolute Gasteiger partial charge is 0.495 e. The number of rotatable bonds is 6. The molecular formula is C12H19N3O2. The molecule has 3 N–H and O–H groups in total. The number of hydrogen-bond donors (Lipinski definition) is 2. The molecule has 17 heavy (non-hydrogen) atoms. The number of ether oxygens (including phenoxy) is 1. The summed E-state index contributed by atoms with van der Waals surface area (Å²) in [5.74, 6) is 1.11. The van der Waals surface area contributed by atoms with Crippen LogP contribution in [0, 0.1) is 0 Å². The van der Waals surface area contributed by atoms with E-state index in [0.29, 0.717) is 6.42 Å². The van der Waals surface area contributed by atoms with E-state index in [1.165, 1.54) is 0 Å². The lowest BCUT2D eigenvalue weighted by Crippen LogP contribution is -2.21. The molecule has 0 spiro atoms. The van der Waals surface area contributed by atoms with Gasteiger partial charge in [-0.3, -0.25) is 0 Å². The third-order valence-corrected chi connectivity index (χ3v) is 2.55. The van der Waals surface area contributed by atoms with Crippen molar-refractivity contribution in [1.29, 1.82) is 0 Å². The lowest BCUT2D eigenvalue weighted by Gasteiger charge is -2.21. The number of nitrogens with two attached hydrogens (primary N) is 1. The predicted octanol–water partition coefficient (Wildman–Crippen LogP) is 1.66. The second-order valence-electron chi connectivity index (χ2n) is 3.79. The summed E-state index contributed by atoms with van der Waals surface area (Å²) in [5, 5.41) is 11.4. The van der Waals surface area contributed by atoms with Gasteiger partial charge in [-0.05, 0) is 18.6 Å². The Morgan fingerprint density at radius 3 is 2.82 bits per heavy atom. The van der Waals surface area contributed by atoms with Crippen LogP contribution in [0.5, 0.6) is 5.75 Å². The van der Waals surface area contributed by atoms with Gasteiger partial charge in [0.2, 0.25) is 0 Å². The molecule has 0 unspecified atom stereocenters. The first-order valence-corrected chi connectivity index (χ1v) is 5.49. The molecule has 0 saturated heterocycles. The van der Waals surface area contributed by atoms with Crippen LogP contribution in [-0.4, -0.2) is 31.7 Å². The van der Waals surface area contributed by atoms with E-state index in [1.54, 1.807) is 7.11 Å². The Morgan fingerprint density at radius 2 is 2.18 bits per heavy atom. The van der Waals surface area contributed by atoms with Gasteiger partial charge in [0.1, 0.15) is 11.6 Å². The van der Waals surface area contributed by atoms with Crippen molar-refractivity contribution < 1.29 is 9.94 Å². The lowest BCUT2D eigenvalue weighted by molar-refractivity contribution is 0.316. The fourth-order valence-electron chi connectivity index (χ4n) is 1.61. The van der Waals surface area contributed by atoms with Crippen molar-refractivity contribution >= 4 is 11.5 Å². The zero-order valence-electron chi connectivity index (χ0n) is 10.3. The molecule has 0 atom stereocenters. The molecule has 0 amide bonds. The van der Waals surface area contributed by atoms with Crippen LogP contribution in [-0.2, 0) is 0 Å². The van der Waals surface area contributed by atoms with Gasteiger partial charge >= 0.3 is 0 Å². The van der Waals surface area contributed by atoms with E-state index in [1.807, 2.05) is 31.3 Å². The van der Waals surface area contributed by atoms with Crippen LogP contribution in [0.1, 0.15) is 12.8 Å². The summed E-state index contributed by atoms with van der Waals surface area (Å²) < 4.78 is 5.28. The molecule has 0 aliphatic heterocycles. The molecule has 1 rings (SSSR count). The van der Waals surface area contributed by atoms with Crippen LogP contribution in [0.2, 0.25) is 0 Å². The van der Waals surface area contributed by atoms with Crippen LogP contribution in [0.4, 0.5) is 5.69 Å². The summed E-state index contributed by atoms with van der Waals surface area (Å²) in [6.07, 6.45) is 1.40. The average Bonchev–Trinajstić information content (AvgIpc) is 2.38. The van der Waals surface area contributed by atoms with E-state index in [2.05, 4.69) is 10.1 Å². The first-order chi connectivity index (χ1) is 8.19. The zero-order chi connectivity index (χ0) is 12.7. The van der Waals surface area contributed by atoms with Gasteiger partial charge in [-0.2, -0.15) is 0 Å². The van der Waals surface area contributed by atoms with E-state index in [0.717, 1.165) is 24.4 Å². The van der Waals surface area contributed by atoms with Gasteiger partial charge in [-0.1, -0.05) is 17.3 Å². The summed E-state index contributed by atoms with van der Waals surface area (Å²) in [6, 6.07) is 7.84. The molecule has 94 valence electrons. The van der Waals surface area contributed by atoms with Crippen molar-refractivity contribution in [3.8, 4) is 5.75 Å². The Hall–Kier alpha value is -1.91. The Bertz CT molecular complexity index is 380. The van der Waals surface area contributed by atoms with Gasteiger partial charge in [-0.15, -0.1) is 0 Å². The summed E-state index contributed by atoms with van der Waals surface area (Å²) in [6.45, 7) is 0.816. The molecule has 5 nitrogen and oxygen atoms in total. The molecule has 1 aromatic rings. The molecule has 0 aromatic heterocycles. The second kappa shape index (κ2) is 6.62. The maximum Gasteiger partial charge on any atom is 0.142 e. The normalized spacial score (nSPS) is 11.3. The number of methoxy groups -OCH3 is 1. The molecule has 0 bridgehead atoms. The summed E-state index contributed by atoms with van der Waals surface area (Å²) >= 11 is 0. The van der Waals surface area contributed by atoms with Gasteiger partial charge in [0.25, 0.3) is 0 Å². The quantitative estimate of drug-likeness (QED) is 0.341. The fourth-order valence-corrected chi connectivity index (χ4v) is 1.61. The SMILES string of the molecule is COc1ccccc1N(C)CCCC(N)=NO. The minimum Gasteiger partial charge on any atom is -0.495 e. The number of oxime groups is 1. The predicted molar refractivity (Wildman–Crippen MR) is 68.9 cm³/mol. The number of amidine groups is 1. The van der Waals surface area contributed by atoms with Gasteiger partial charge in [-0.25, -0.2) is 0 Å². The number of nitrogens with zero attached hydrogens (tertiary/aromatic N) is 2. The molecule has 0 aliphatic carbocycles. The topological polar surface area (TPSA) is 71.1 Å². The highest BCUT2D eigenvalue weighted by atomic mass is 16.5. The van der Waals surface area contributed by atoms with Crippen LogP contribution >= 0.6 is 0 Å². The first-order valence-electron chi connectivity index (χ1n) is 5.49. The fraction of sp³-hybridized carbons (Fsp3) is 0.417. The molecule has 0 aliphatic rings. The molecule has 5 heteroatoms. The number of benzene rings is 1. The summed E-state index contributed by atoms with van der Waals surface area (Å²) in [7, 11) is 3.65. The summed E-state index contributed by atoms with van der Waals surface area (Å²) in [4.78, 5) is 2.09. The van der Waals surface area contributed by atoms with Crippen molar-refractivity contribution in [2.45, 2.75) is 12.8 Å². The van der Waals surface area contributed by atoms with Crippen LogP contribution in [0.3, 0.4) is 0 Å². The molecule has 0 radical (unpaired) electrons. The Kier molecular flexibility index (Phi) is 5.13. The van der Waals surface area contributed by atoms with Crippen LogP contribution < -0.4 is 15.4 Å². The van der Waals surface area contributed by atoms with E-state index in [9.17, 15) is 0 Å². The molecule has 1 aromatic carbocycles. The maximum absolute atomic E-state index is 8.43. The van der Waals surface area contributed by atoms with Crippen molar-refractivity contribution in [3.05, 3.63) is 24.3 Å². The third kappa shape index (κ3) is 3.86. The van der Waals surface area contributed by atoms with Gasteiger partial charge < -0.3 is 20.6 Å². The van der Waals surface area contributed by atoms with E-state index in [-0.39, 0.29) is 5.84 Å². The minimum absolute atomic E-state index is 0.262. The smallest absolute Gasteiger partial charge is 0.142 e. The monoisotopic (exact) mass is 237 g/mol. The van der Waals surface area contributed by atoms with Crippen molar-refractivity contribution in [3.63, 3.8) is 0 Å².